The number of aryl methyl sites for hydroxylation is 1. The molecule has 0 radical (unpaired) electrons. The molecule has 8 nitrogen and oxygen atoms in total. The highest BCUT2D eigenvalue weighted by atomic mass is 32.2. The molecule has 3 rings (SSSR count). The normalized spacial score (nSPS) is 15.9. The van der Waals surface area contributed by atoms with E-state index in [-0.39, 0.29) is 4.90 Å². The van der Waals surface area contributed by atoms with Gasteiger partial charge in [-0.25, -0.2) is 13.1 Å². The predicted octanol–water partition coefficient (Wildman–Crippen LogP) is 2.40. The molecule has 0 amide bonds. The van der Waals surface area contributed by atoms with Gasteiger partial charge in [-0.05, 0) is 49.7 Å². The Morgan fingerprint density at radius 2 is 2.00 bits per heavy atom. The predicted molar refractivity (Wildman–Crippen MR) is 100 cm³/mol. The molecule has 1 fully saturated rings. The Balaban J connectivity index is 1.98. The van der Waals surface area contributed by atoms with E-state index >= 15 is 0 Å². The third-order valence-corrected chi connectivity index (χ3v) is 6.06. The van der Waals surface area contributed by atoms with Gasteiger partial charge in [0.1, 0.15) is 0 Å². The molecule has 142 valence electrons. The monoisotopic (exact) mass is 378 g/mol. The van der Waals surface area contributed by atoms with Crippen LogP contribution in [0.2, 0.25) is 0 Å². The van der Waals surface area contributed by atoms with Gasteiger partial charge in [0.25, 0.3) is 0 Å². The van der Waals surface area contributed by atoms with Gasteiger partial charge in [0, 0.05) is 17.3 Å². The number of anilines is 1. The summed E-state index contributed by atoms with van der Waals surface area (Å²) in [5.41, 5.74) is 1.51. The van der Waals surface area contributed by atoms with Gasteiger partial charge >= 0.3 is 0 Å². The van der Waals surface area contributed by atoms with Gasteiger partial charge in [-0.2, -0.15) is 4.80 Å². The van der Waals surface area contributed by atoms with Crippen LogP contribution in [0.1, 0.15) is 45.4 Å². The fourth-order valence-electron chi connectivity index (χ4n) is 3.23. The lowest BCUT2D eigenvalue weighted by atomic mass is 9.95. The zero-order chi connectivity index (χ0) is 18.6. The van der Waals surface area contributed by atoms with Crippen molar-refractivity contribution < 1.29 is 8.42 Å². The lowest BCUT2D eigenvalue weighted by Crippen LogP contribution is -2.23. The van der Waals surface area contributed by atoms with Crippen LogP contribution in [0.5, 0.6) is 0 Å². The van der Waals surface area contributed by atoms with Crippen molar-refractivity contribution in [2.75, 3.05) is 12.4 Å². The minimum absolute atomic E-state index is 0.191. The van der Waals surface area contributed by atoms with E-state index in [9.17, 15) is 8.42 Å². The van der Waals surface area contributed by atoms with Crippen molar-refractivity contribution in [2.45, 2.75) is 62.9 Å². The molecule has 0 saturated heterocycles. The standard InChI is InChI=1S/C17H26N6O2S/c1-3-11-23-21-17(20-22-23)15-12-14(26(24,25)18-2)9-10-16(15)19-13-7-5-4-6-8-13/h9-10,12-13,18-19H,3-8,11H2,1-2H3. The summed E-state index contributed by atoms with van der Waals surface area (Å²) in [5.74, 6) is 0.435. The Hall–Kier alpha value is -2.00. The van der Waals surface area contributed by atoms with Crippen molar-refractivity contribution in [1.82, 2.24) is 24.9 Å². The van der Waals surface area contributed by atoms with Crippen LogP contribution < -0.4 is 10.0 Å². The number of aromatic nitrogens is 4. The summed E-state index contributed by atoms with van der Waals surface area (Å²) in [7, 11) is -2.14. The smallest absolute Gasteiger partial charge is 0.240 e. The highest BCUT2D eigenvalue weighted by molar-refractivity contribution is 7.89. The van der Waals surface area contributed by atoms with Gasteiger partial charge in [-0.3, -0.25) is 0 Å². The molecule has 0 aliphatic heterocycles. The van der Waals surface area contributed by atoms with Crippen molar-refractivity contribution in [3.63, 3.8) is 0 Å². The van der Waals surface area contributed by atoms with Crippen LogP contribution in [0, 0.1) is 0 Å². The zero-order valence-corrected chi connectivity index (χ0v) is 16.1. The van der Waals surface area contributed by atoms with Crippen LogP contribution in [0.4, 0.5) is 5.69 Å². The summed E-state index contributed by atoms with van der Waals surface area (Å²) in [6.07, 6.45) is 6.83. The van der Waals surface area contributed by atoms with Crippen LogP contribution >= 0.6 is 0 Å². The van der Waals surface area contributed by atoms with E-state index in [0.717, 1.165) is 24.9 Å². The van der Waals surface area contributed by atoms with E-state index in [1.807, 2.05) is 6.92 Å². The highest BCUT2D eigenvalue weighted by Crippen LogP contribution is 2.30. The first-order valence-corrected chi connectivity index (χ1v) is 10.6. The number of sulfonamides is 1. The fourth-order valence-corrected chi connectivity index (χ4v) is 3.99. The first-order valence-electron chi connectivity index (χ1n) is 9.16. The zero-order valence-electron chi connectivity index (χ0n) is 15.3. The van der Waals surface area contributed by atoms with E-state index in [2.05, 4.69) is 25.4 Å². The second kappa shape index (κ2) is 8.13. The molecule has 0 atom stereocenters. The molecular weight excluding hydrogens is 352 g/mol. The van der Waals surface area contributed by atoms with E-state index in [1.165, 1.54) is 26.3 Å². The Kier molecular flexibility index (Phi) is 5.87. The van der Waals surface area contributed by atoms with Gasteiger partial charge in [-0.15, -0.1) is 10.2 Å². The van der Waals surface area contributed by atoms with Crippen molar-refractivity contribution in [3.8, 4) is 11.4 Å². The number of tetrazole rings is 1. The molecule has 1 aliphatic carbocycles. The summed E-state index contributed by atoms with van der Waals surface area (Å²) in [6.45, 7) is 2.71. The largest absolute Gasteiger partial charge is 0.382 e. The molecule has 9 heteroatoms. The van der Waals surface area contributed by atoms with Crippen LogP contribution in [-0.2, 0) is 16.6 Å². The Morgan fingerprint density at radius 3 is 2.69 bits per heavy atom. The summed E-state index contributed by atoms with van der Waals surface area (Å²) in [6, 6.07) is 5.41. The minimum atomic E-state index is -3.54. The molecular formula is C17H26N6O2S. The van der Waals surface area contributed by atoms with Crippen LogP contribution in [0.3, 0.4) is 0 Å². The number of hydrogen-bond acceptors (Lipinski definition) is 6. The maximum atomic E-state index is 12.2. The van der Waals surface area contributed by atoms with Gasteiger partial charge in [0.15, 0.2) is 0 Å². The minimum Gasteiger partial charge on any atom is -0.382 e. The summed E-state index contributed by atoms with van der Waals surface area (Å²) >= 11 is 0. The number of rotatable bonds is 7. The van der Waals surface area contributed by atoms with E-state index in [0.29, 0.717) is 24.0 Å². The molecule has 1 aromatic heterocycles. The third-order valence-electron chi connectivity index (χ3n) is 4.65. The first-order chi connectivity index (χ1) is 12.5. The Bertz CT molecular complexity index is 843. The number of benzene rings is 1. The molecule has 0 unspecified atom stereocenters. The van der Waals surface area contributed by atoms with E-state index in [4.69, 9.17) is 0 Å². The van der Waals surface area contributed by atoms with Crippen molar-refractivity contribution in [1.29, 1.82) is 0 Å². The lowest BCUT2D eigenvalue weighted by molar-refractivity contribution is 0.463. The second-order valence-corrected chi connectivity index (χ2v) is 8.49. The van der Waals surface area contributed by atoms with E-state index in [1.54, 1.807) is 23.0 Å². The quantitative estimate of drug-likeness (QED) is 0.767. The molecule has 2 aromatic rings. The maximum Gasteiger partial charge on any atom is 0.240 e. The highest BCUT2D eigenvalue weighted by Gasteiger charge is 2.20. The topological polar surface area (TPSA) is 102 Å². The Morgan fingerprint density at radius 1 is 1.23 bits per heavy atom. The van der Waals surface area contributed by atoms with Gasteiger partial charge < -0.3 is 5.32 Å². The molecule has 0 spiro atoms. The SMILES string of the molecule is CCCn1nnc(-c2cc(S(=O)(=O)NC)ccc2NC2CCCCC2)n1. The molecule has 1 aliphatic rings. The summed E-state index contributed by atoms with van der Waals surface area (Å²) in [4.78, 5) is 1.73. The number of nitrogens with one attached hydrogen (secondary N) is 2. The fraction of sp³-hybridized carbons (Fsp3) is 0.588. The number of nitrogens with zero attached hydrogens (tertiary/aromatic N) is 4. The summed E-state index contributed by atoms with van der Waals surface area (Å²) < 4.78 is 26.8. The average molecular weight is 379 g/mol. The van der Waals surface area contributed by atoms with Crippen LogP contribution in [0.25, 0.3) is 11.4 Å². The number of hydrogen-bond donors (Lipinski definition) is 2. The van der Waals surface area contributed by atoms with Crippen LogP contribution in [-0.4, -0.2) is 41.7 Å². The van der Waals surface area contributed by atoms with Crippen molar-refractivity contribution >= 4 is 15.7 Å². The van der Waals surface area contributed by atoms with Gasteiger partial charge in [0.2, 0.25) is 15.8 Å². The summed E-state index contributed by atoms with van der Waals surface area (Å²) in [5, 5.41) is 16.2. The Labute approximate surface area is 154 Å². The molecule has 26 heavy (non-hydrogen) atoms. The first kappa shape index (κ1) is 18.8. The molecule has 1 aromatic carbocycles. The molecule has 1 heterocycles. The van der Waals surface area contributed by atoms with Gasteiger partial charge in [0.05, 0.1) is 11.4 Å². The molecule has 1 saturated carbocycles. The second-order valence-electron chi connectivity index (χ2n) is 6.60. The molecule has 2 N–H and O–H groups in total. The average Bonchev–Trinajstić information content (AvgIpc) is 3.11. The van der Waals surface area contributed by atoms with Crippen molar-refractivity contribution in [2.24, 2.45) is 0 Å². The van der Waals surface area contributed by atoms with Gasteiger partial charge in [-0.1, -0.05) is 26.2 Å². The molecule has 0 bridgehead atoms. The lowest BCUT2D eigenvalue weighted by Gasteiger charge is -2.25. The van der Waals surface area contributed by atoms with E-state index < -0.39 is 10.0 Å². The van der Waals surface area contributed by atoms with Crippen molar-refractivity contribution in [3.05, 3.63) is 18.2 Å². The van der Waals surface area contributed by atoms with Crippen LogP contribution in [0.15, 0.2) is 23.1 Å². The maximum absolute atomic E-state index is 12.2. The third kappa shape index (κ3) is 4.21.